The highest BCUT2D eigenvalue weighted by molar-refractivity contribution is 5.75. The zero-order valence-corrected chi connectivity index (χ0v) is 21.4. The van der Waals surface area contributed by atoms with Crippen molar-refractivity contribution in [3.8, 4) is 0 Å². The van der Waals surface area contributed by atoms with Gasteiger partial charge in [0.15, 0.2) is 0 Å². The lowest BCUT2D eigenvalue weighted by molar-refractivity contribution is -0.0973. The minimum absolute atomic E-state index is 0.152. The molecule has 5 rings (SSSR count). The summed E-state index contributed by atoms with van der Waals surface area (Å²) in [5.74, 6) is -1.40. The van der Waals surface area contributed by atoms with Crippen LogP contribution in [0.5, 0.6) is 0 Å². The lowest BCUT2D eigenvalue weighted by atomic mass is 9.77. The summed E-state index contributed by atoms with van der Waals surface area (Å²) in [5, 5.41) is 7.13. The van der Waals surface area contributed by atoms with Gasteiger partial charge in [-0.05, 0) is 52.4 Å². The van der Waals surface area contributed by atoms with Crippen molar-refractivity contribution in [2.24, 2.45) is 0 Å². The van der Waals surface area contributed by atoms with E-state index in [2.05, 4.69) is 47.1 Å². The highest BCUT2D eigenvalue weighted by atomic mass is 19.3. The number of piperazine rings is 1. The zero-order chi connectivity index (χ0) is 24.8. The number of nitrogens with zero attached hydrogens (tertiary/aromatic N) is 4. The monoisotopic (exact) mass is 493 g/mol. The van der Waals surface area contributed by atoms with Gasteiger partial charge >= 0.3 is 6.03 Å². The van der Waals surface area contributed by atoms with Crippen molar-refractivity contribution in [2.75, 3.05) is 39.3 Å². The number of halogens is 2. The van der Waals surface area contributed by atoms with Crippen molar-refractivity contribution >= 4 is 6.03 Å². The Morgan fingerprint density at radius 1 is 1.09 bits per heavy atom. The predicted octanol–water partition coefficient (Wildman–Crippen LogP) is 4.20. The third kappa shape index (κ3) is 5.22. The van der Waals surface area contributed by atoms with Crippen LogP contribution >= 0.6 is 0 Å². The molecule has 0 spiro atoms. The number of piperidine rings is 1. The Balaban J connectivity index is 1.20. The first-order valence-corrected chi connectivity index (χ1v) is 13.5. The number of carbonyl (C=O) groups is 1. The van der Waals surface area contributed by atoms with Gasteiger partial charge in [0.25, 0.3) is 5.92 Å². The summed E-state index contributed by atoms with van der Waals surface area (Å²) in [6.07, 6.45) is 4.87. The van der Waals surface area contributed by atoms with Gasteiger partial charge in [-0.25, -0.2) is 13.6 Å². The van der Waals surface area contributed by atoms with Gasteiger partial charge in [0, 0.05) is 75.2 Å². The molecule has 7 nitrogen and oxygen atoms in total. The molecule has 1 N–H and O–H groups in total. The Labute approximate surface area is 207 Å². The summed E-state index contributed by atoms with van der Waals surface area (Å²) >= 11 is 0. The van der Waals surface area contributed by atoms with Crippen LogP contribution in [0, 0.1) is 0 Å². The molecule has 9 heteroatoms. The average molecular weight is 494 g/mol. The van der Waals surface area contributed by atoms with Crippen molar-refractivity contribution in [3.05, 3.63) is 17.5 Å². The topological polar surface area (TPSA) is 64.8 Å². The Morgan fingerprint density at radius 3 is 2.40 bits per heavy atom. The molecule has 35 heavy (non-hydrogen) atoms. The molecule has 196 valence electrons. The lowest BCUT2D eigenvalue weighted by Gasteiger charge is -2.48. The van der Waals surface area contributed by atoms with Crippen LogP contribution in [-0.4, -0.2) is 89.2 Å². The van der Waals surface area contributed by atoms with Crippen LogP contribution in [0.4, 0.5) is 13.6 Å². The van der Waals surface area contributed by atoms with E-state index in [0.29, 0.717) is 37.9 Å². The van der Waals surface area contributed by atoms with Crippen LogP contribution in [0.2, 0.25) is 0 Å². The third-order valence-corrected chi connectivity index (χ3v) is 8.96. The van der Waals surface area contributed by atoms with Crippen molar-refractivity contribution < 1.29 is 18.1 Å². The molecule has 2 saturated carbocycles. The van der Waals surface area contributed by atoms with E-state index in [-0.39, 0.29) is 23.9 Å². The number of amides is 2. The maximum absolute atomic E-state index is 15.1. The molecule has 0 unspecified atom stereocenters. The van der Waals surface area contributed by atoms with Crippen molar-refractivity contribution in [1.29, 1.82) is 0 Å². The van der Waals surface area contributed by atoms with Gasteiger partial charge in [0.2, 0.25) is 0 Å². The average Bonchev–Trinajstić information content (AvgIpc) is 3.56. The molecule has 2 aliphatic carbocycles. The van der Waals surface area contributed by atoms with E-state index < -0.39 is 12.0 Å². The minimum atomic E-state index is -2.89. The number of hydrogen-bond acceptors (Lipinski definition) is 5. The predicted molar refractivity (Wildman–Crippen MR) is 130 cm³/mol. The van der Waals surface area contributed by atoms with E-state index in [0.717, 1.165) is 50.5 Å². The normalized spacial score (nSPS) is 29.9. The summed E-state index contributed by atoms with van der Waals surface area (Å²) in [4.78, 5) is 19.5. The summed E-state index contributed by atoms with van der Waals surface area (Å²) in [5.41, 5.74) is 0.805. The van der Waals surface area contributed by atoms with Crippen LogP contribution in [0.1, 0.15) is 83.1 Å². The summed E-state index contributed by atoms with van der Waals surface area (Å²) < 4.78 is 35.8. The SMILES string of the molecule is CC(C)N1CCN([C@@H]2CCCC(F)(F)[C@H]2NC(=O)N2CCC(C)(c3cc(C4CC4)on3)CC2)CC1. The molecule has 2 atom stereocenters. The summed E-state index contributed by atoms with van der Waals surface area (Å²) in [6.45, 7) is 10.9. The fraction of sp³-hybridized carbons (Fsp3) is 0.846. The molecule has 1 aromatic heterocycles. The smallest absolute Gasteiger partial charge is 0.317 e. The molecule has 1 aromatic rings. The largest absolute Gasteiger partial charge is 0.361 e. The molecule has 4 fully saturated rings. The van der Waals surface area contributed by atoms with E-state index in [1.54, 1.807) is 4.90 Å². The quantitative estimate of drug-likeness (QED) is 0.666. The van der Waals surface area contributed by atoms with Gasteiger partial charge in [-0.3, -0.25) is 9.80 Å². The van der Waals surface area contributed by atoms with Gasteiger partial charge in [-0.2, -0.15) is 0 Å². The number of nitrogens with one attached hydrogen (secondary N) is 1. The van der Waals surface area contributed by atoms with E-state index in [9.17, 15) is 4.79 Å². The van der Waals surface area contributed by atoms with Gasteiger partial charge < -0.3 is 14.7 Å². The second kappa shape index (κ2) is 9.61. The number of hydrogen-bond donors (Lipinski definition) is 1. The zero-order valence-electron chi connectivity index (χ0n) is 21.4. The summed E-state index contributed by atoms with van der Waals surface area (Å²) in [7, 11) is 0. The van der Waals surface area contributed by atoms with Gasteiger partial charge in [0.05, 0.1) is 5.69 Å². The number of urea groups is 1. The molecule has 0 aromatic carbocycles. The molecule has 2 aliphatic heterocycles. The van der Waals surface area contributed by atoms with E-state index in [1.807, 2.05) is 0 Å². The molecular weight excluding hydrogens is 452 g/mol. The van der Waals surface area contributed by atoms with Crippen LogP contribution in [0.25, 0.3) is 0 Å². The number of carbonyl (C=O) groups excluding carboxylic acids is 1. The highest BCUT2D eigenvalue weighted by Gasteiger charge is 2.50. The van der Waals surface area contributed by atoms with Gasteiger partial charge in [-0.15, -0.1) is 0 Å². The van der Waals surface area contributed by atoms with Crippen LogP contribution < -0.4 is 5.32 Å². The van der Waals surface area contributed by atoms with E-state index in [1.165, 1.54) is 12.8 Å². The van der Waals surface area contributed by atoms with Crippen molar-refractivity contribution in [3.63, 3.8) is 0 Å². The Kier molecular flexibility index (Phi) is 6.85. The van der Waals surface area contributed by atoms with Crippen molar-refractivity contribution in [1.82, 2.24) is 25.2 Å². The Bertz CT molecular complexity index is 886. The number of alkyl halides is 2. The first kappa shape index (κ1) is 24.9. The van der Waals surface area contributed by atoms with Crippen LogP contribution in [0.3, 0.4) is 0 Å². The van der Waals surface area contributed by atoms with Gasteiger partial charge in [0.1, 0.15) is 11.8 Å². The van der Waals surface area contributed by atoms with Gasteiger partial charge in [-0.1, -0.05) is 12.1 Å². The second-order valence-corrected chi connectivity index (χ2v) is 11.7. The standard InChI is InChI=1S/C26H41F2N5O2/c1-18(2)31-13-15-32(16-14-31)20-5-4-8-26(27,28)23(20)29-24(34)33-11-9-25(3,10-12-33)22-17-21(35-30-22)19-6-7-19/h17-20,23H,4-16H2,1-3H3,(H,29,34)/t20-,23+/m1/s1. The highest BCUT2D eigenvalue weighted by Crippen LogP contribution is 2.43. The summed E-state index contributed by atoms with van der Waals surface area (Å²) in [6, 6.07) is 0.730. The molecule has 0 radical (unpaired) electrons. The lowest BCUT2D eigenvalue weighted by Crippen LogP contribution is -2.66. The second-order valence-electron chi connectivity index (χ2n) is 11.7. The molecule has 3 heterocycles. The first-order chi connectivity index (χ1) is 16.7. The minimum Gasteiger partial charge on any atom is -0.361 e. The molecule has 0 bridgehead atoms. The number of aromatic nitrogens is 1. The number of likely N-dealkylation sites (tertiary alicyclic amines) is 1. The maximum atomic E-state index is 15.1. The molecule has 2 amide bonds. The maximum Gasteiger partial charge on any atom is 0.317 e. The number of rotatable bonds is 5. The Morgan fingerprint density at radius 2 is 1.77 bits per heavy atom. The molecule has 4 aliphatic rings. The van der Waals surface area contributed by atoms with Crippen molar-refractivity contribution in [2.45, 2.75) is 101 Å². The Hall–Kier alpha value is -1.74. The fourth-order valence-electron chi connectivity index (χ4n) is 6.15. The van der Waals surface area contributed by atoms with Crippen LogP contribution in [0.15, 0.2) is 10.6 Å². The third-order valence-electron chi connectivity index (χ3n) is 8.96. The van der Waals surface area contributed by atoms with Crippen LogP contribution in [-0.2, 0) is 5.41 Å². The van der Waals surface area contributed by atoms with E-state index in [4.69, 9.17) is 4.52 Å². The molecular formula is C26H41F2N5O2. The fourth-order valence-corrected chi connectivity index (χ4v) is 6.15. The first-order valence-electron chi connectivity index (χ1n) is 13.5. The molecule has 2 saturated heterocycles. The van der Waals surface area contributed by atoms with E-state index >= 15 is 8.78 Å².